The molecule has 0 amide bonds. The first kappa shape index (κ1) is 28.8. The predicted molar refractivity (Wildman–Crippen MR) is 211 cm³/mol. The molecule has 232 valence electrons. The topological polar surface area (TPSA) is 30.9 Å². The molecular weight excluding hydrogens is 593 g/mol. The van der Waals surface area contributed by atoms with Crippen LogP contribution in [-0.4, -0.2) is 4.57 Å². The highest BCUT2D eigenvalue weighted by atomic mass is 15.0. The minimum atomic E-state index is 1.11. The van der Waals surface area contributed by atoms with Crippen molar-refractivity contribution >= 4 is 59.7 Å². The lowest BCUT2D eigenvalue weighted by Gasteiger charge is -2.12. The summed E-state index contributed by atoms with van der Waals surface area (Å²) >= 11 is 0. The molecule has 0 fully saturated rings. The number of hydrogen-bond donors (Lipinski definition) is 1. The number of hydrogen-bond acceptors (Lipinski definition) is 1. The van der Waals surface area contributed by atoms with Crippen molar-refractivity contribution in [3.63, 3.8) is 0 Å². The molecular formula is C47H34N2. The number of nitrogens with two attached hydrogens (primary N) is 1. The molecule has 9 rings (SSSR count). The first-order valence-electron chi connectivity index (χ1n) is 16.8. The van der Waals surface area contributed by atoms with Gasteiger partial charge in [-0.25, -0.2) is 0 Å². The highest BCUT2D eigenvalue weighted by Crippen LogP contribution is 2.40. The SMILES string of the molecule is C/C=C(\C=C/N)c1ccc2ccc(-c3ccc4c(ccc5c6ccc(-c7cccc8ccccc78)cc6n(-c6ccccc6)c45)c3)cc2c1. The molecule has 0 aliphatic rings. The Bertz CT molecular complexity index is 2770. The Labute approximate surface area is 285 Å². The number of para-hydroxylation sites is 1. The number of rotatable bonds is 5. The van der Waals surface area contributed by atoms with Gasteiger partial charge in [-0.3, -0.25) is 0 Å². The summed E-state index contributed by atoms with van der Waals surface area (Å²) in [5.41, 5.74) is 16.5. The monoisotopic (exact) mass is 626 g/mol. The van der Waals surface area contributed by atoms with Gasteiger partial charge in [0.15, 0.2) is 0 Å². The van der Waals surface area contributed by atoms with Gasteiger partial charge in [0.25, 0.3) is 0 Å². The molecule has 0 aliphatic carbocycles. The molecule has 2 N–H and O–H groups in total. The normalized spacial score (nSPS) is 12.3. The second kappa shape index (κ2) is 11.7. The van der Waals surface area contributed by atoms with Crippen LogP contribution in [0.2, 0.25) is 0 Å². The highest BCUT2D eigenvalue weighted by Gasteiger charge is 2.17. The van der Waals surface area contributed by atoms with Crippen molar-refractivity contribution in [2.75, 3.05) is 0 Å². The molecule has 0 saturated heterocycles. The summed E-state index contributed by atoms with van der Waals surface area (Å²) in [4.78, 5) is 0. The number of nitrogens with zero attached hydrogens (tertiary/aromatic N) is 1. The fourth-order valence-corrected chi connectivity index (χ4v) is 7.57. The maximum atomic E-state index is 5.73. The summed E-state index contributed by atoms with van der Waals surface area (Å²) < 4.78 is 2.45. The Morgan fingerprint density at radius 1 is 0.510 bits per heavy atom. The molecule has 49 heavy (non-hydrogen) atoms. The standard InChI is InChI=1S/C47H34N2/c1-2-31(25-26-48)34-17-15-32-16-18-35(29-39(32)28-34)36-19-22-43-37(27-36)21-24-45-44-23-20-38(42-14-8-10-33-9-6-7-13-41(33)42)30-46(44)49(47(43)45)40-11-4-3-5-12-40/h2-30H,48H2,1H3/b26-25-,31-2+. The van der Waals surface area contributed by atoms with E-state index in [2.05, 4.69) is 168 Å². The van der Waals surface area contributed by atoms with Crippen LogP contribution in [0.4, 0.5) is 0 Å². The molecule has 0 unspecified atom stereocenters. The Balaban J connectivity index is 1.24. The lowest BCUT2D eigenvalue weighted by atomic mass is 9.95. The van der Waals surface area contributed by atoms with Crippen LogP contribution in [0.25, 0.3) is 87.6 Å². The first-order chi connectivity index (χ1) is 24.2. The van der Waals surface area contributed by atoms with Gasteiger partial charge in [-0.05, 0) is 116 Å². The molecule has 0 radical (unpaired) electrons. The van der Waals surface area contributed by atoms with Crippen LogP contribution >= 0.6 is 0 Å². The van der Waals surface area contributed by atoms with E-state index >= 15 is 0 Å². The van der Waals surface area contributed by atoms with Crippen LogP contribution in [0.15, 0.2) is 176 Å². The van der Waals surface area contributed by atoms with Crippen LogP contribution in [0.1, 0.15) is 12.5 Å². The number of benzene rings is 8. The quantitative estimate of drug-likeness (QED) is 0.189. The lowest BCUT2D eigenvalue weighted by molar-refractivity contribution is 1.19. The van der Waals surface area contributed by atoms with E-state index in [1.165, 1.54) is 76.4 Å². The molecule has 8 aromatic carbocycles. The predicted octanol–water partition coefficient (Wildman–Crippen LogP) is 12.5. The maximum absolute atomic E-state index is 5.73. The van der Waals surface area contributed by atoms with Gasteiger partial charge >= 0.3 is 0 Å². The number of aromatic nitrogens is 1. The average Bonchev–Trinajstić information content (AvgIpc) is 3.50. The summed E-state index contributed by atoms with van der Waals surface area (Å²) in [6.45, 7) is 2.04. The molecule has 0 bridgehead atoms. The minimum Gasteiger partial charge on any atom is -0.405 e. The Kier molecular flexibility index (Phi) is 6.88. The van der Waals surface area contributed by atoms with E-state index in [-0.39, 0.29) is 0 Å². The minimum absolute atomic E-state index is 1.11. The zero-order valence-electron chi connectivity index (χ0n) is 27.3. The van der Waals surface area contributed by atoms with Gasteiger partial charge in [0.05, 0.1) is 11.0 Å². The summed E-state index contributed by atoms with van der Waals surface area (Å²) in [7, 11) is 0. The van der Waals surface area contributed by atoms with E-state index in [1.807, 2.05) is 13.0 Å². The average molecular weight is 627 g/mol. The van der Waals surface area contributed by atoms with E-state index in [4.69, 9.17) is 5.73 Å². The van der Waals surface area contributed by atoms with Gasteiger partial charge in [-0.15, -0.1) is 0 Å². The zero-order valence-corrected chi connectivity index (χ0v) is 27.3. The lowest BCUT2D eigenvalue weighted by Crippen LogP contribution is -1.94. The van der Waals surface area contributed by atoms with Crippen LogP contribution < -0.4 is 5.73 Å². The smallest absolute Gasteiger partial charge is 0.0619 e. The highest BCUT2D eigenvalue weighted by molar-refractivity contribution is 6.19. The molecule has 2 heteroatoms. The number of fused-ring (bicyclic) bond motifs is 7. The molecule has 0 saturated carbocycles. The van der Waals surface area contributed by atoms with E-state index in [0.29, 0.717) is 0 Å². The first-order valence-corrected chi connectivity index (χ1v) is 16.8. The largest absolute Gasteiger partial charge is 0.405 e. The molecule has 9 aromatic rings. The molecule has 0 spiro atoms. The number of allylic oxidation sites excluding steroid dienone is 3. The van der Waals surface area contributed by atoms with Gasteiger partial charge in [0.2, 0.25) is 0 Å². The van der Waals surface area contributed by atoms with Crippen molar-refractivity contribution in [3.8, 4) is 27.9 Å². The van der Waals surface area contributed by atoms with Gasteiger partial charge in [0, 0.05) is 21.8 Å². The molecule has 1 aromatic heterocycles. The van der Waals surface area contributed by atoms with Gasteiger partial charge in [-0.1, -0.05) is 127 Å². The third kappa shape index (κ3) is 4.80. The van der Waals surface area contributed by atoms with Crippen molar-refractivity contribution in [3.05, 3.63) is 182 Å². The van der Waals surface area contributed by atoms with E-state index in [9.17, 15) is 0 Å². The van der Waals surface area contributed by atoms with Crippen molar-refractivity contribution in [2.24, 2.45) is 5.73 Å². The second-order valence-electron chi connectivity index (χ2n) is 12.7. The summed E-state index contributed by atoms with van der Waals surface area (Å²) in [5.74, 6) is 0. The third-order valence-corrected chi connectivity index (χ3v) is 9.95. The molecule has 1 heterocycles. The second-order valence-corrected chi connectivity index (χ2v) is 12.7. The maximum Gasteiger partial charge on any atom is 0.0619 e. The third-order valence-electron chi connectivity index (χ3n) is 9.95. The summed E-state index contributed by atoms with van der Waals surface area (Å²) in [6.07, 6.45) is 5.65. The van der Waals surface area contributed by atoms with E-state index in [1.54, 1.807) is 6.20 Å². The molecule has 0 atom stereocenters. The fourth-order valence-electron chi connectivity index (χ4n) is 7.57. The molecule has 0 aliphatic heterocycles. The van der Waals surface area contributed by atoms with Crippen molar-refractivity contribution in [2.45, 2.75) is 6.92 Å². The van der Waals surface area contributed by atoms with Crippen LogP contribution in [0, 0.1) is 0 Å². The van der Waals surface area contributed by atoms with Crippen molar-refractivity contribution in [1.82, 2.24) is 4.57 Å². The van der Waals surface area contributed by atoms with Crippen LogP contribution in [0.5, 0.6) is 0 Å². The van der Waals surface area contributed by atoms with Gasteiger partial charge in [0.1, 0.15) is 0 Å². The van der Waals surface area contributed by atoms with Crippen LogP contribution in [-0.2, 0) is 0 Å². The Hall–Kier alpha value is -6.38. The van der Waals surface area contributed by atoms with Crippen molar-refractivity contribution in [1.29, 1.82) is 0 Å². The van der Waals surface area contributed by atoms with Gasteiger partial charge in [-0.2, -0.15) is 0 Å². The van der Waals surface area contributed by atoms with Crippen molar-refractivity contribution < 1.29 is 0 Å². The van der Waals surface area contributed by atoms with E-state index in [0.717, 1.165) is 16.8 Å². The zero-order chi connectivity index (χ0) is 32.9. The summed E-state index contributed by atoms with van der Waals surface area (Å²) in [6, 6.07) is 57.8. The Morgan fingerprint density at radius 3 is 2.06 bits per heavy atom. The van der Waals surface area contributed by atoms with Crippen LogP contribution in [0.3, 0.4) is 0 Å². The fraction of sp³-hybridized carbons (Fsp3) is 0.0213. The molecule has 2 nitrogen and oxygen atoms in total. The summed E-state index contributed by atoms with van der Waals surface area (Å²) in [5, 5.41) is 9.92. The van der Waals surface area contributed by atoms with E-state index < -0.39 is 0 Å². The van der Waals surface area contributed by atoms with Gasteiger partial charge < -0.3 is 10.3 Å². The Morgan fingerprint density at radius 2 is 1.20 bits per heavy atom.